The number of nitrogens with zero attached hydrogens (tertiary/aromatic N) is 1. The molecule has 1 N–H and O–H groups in total. The summed E-state index contributed by atoms with van der Waals surface area (Å²) in [5, 5.41) is 4.90. The van der Waals surface area contributed by atoms with Crippen LogP contribution in [0.5, 0.6) is 0 Å². The molecule has 0 amide bonds. The summed E-state index contributed by atoms with van der Waals surface area (Å²) in [4.78, 5) is 4.96. The summed E-state index contributed by atoms with van der Waals surface area (Å²) < 4.78 is 0. The third kappa shape index (κ3) is 2.09. The molecule has 1 aromatic heterocycles. The van der Waals surface area contributed by atoms with Crippen molar-refractivity contribution in [1.82, 2.24) is 4.98 Å². The Balaban J connectivity index is 2.35. The molecule has 0 aliphatic heterocycles. The van der Waals surface area contributed by atoms with Gasteiger partial charge in [-0.25, -0.2) is 0 Å². The predicted octanol–water partition coefficient (Wildman–Crippen LogP) is 4.16. The van der Waals surface area contributed by atoms with E-state index in [9.17, 15) is 0 Å². The molecule has 0 atom stereocenters. The van der Waals surface area contributed by atoms with Gasteiger partial charge in [0.05, 0.1) is 5.52 Å². The summed E-state index contributed by atoms with van der Waals surface area (Å²) in [5.74, 6) is 0. The van der Waals surface area contributed by atoms with Crippen molar-refractivity contribution in [2.45, 2.75) is 46.5 Å². The molecular formula is C17H22N2. The lowest BCUT2D eigenvalue weighted by molar-refractivity contribution is 0.672. The van der Waals surface area contributed by atoms with E-state index in [2.05, 4.69) is 38.2 Å². The van der Waals surface area contributed by atoms with Gasteiger partial charge in [0.2, 0.25) is 0 Å². The fourth-order valence-electron chi connectivity index (χ4n) is 3.26. The quantitative estimate of drug-likeness (QED) is 0.870. The fraction of sp³-hybridized carbons (Fsp3) is 0.471. The Kier molecular flexibility index (Phi) is 3.17. The number of benzene rings is 1. The lowest BCUT2D eigenvalue weighted by Gasteiger charge is -2.22. The van der Waals surface area contributed by atoms with Crippen molar-refractivity contribution < 1.29 is 0 Å². The monoisotopic (exact) mass is 254 g/mol. The van der Waals surface area contributed by atoms with E-state index in [1.807, 2.05) is 0 Å². The standard InChI is InChI=1S/C17H22N2/c1-4-18-17-13-7-5-6-8-15(13)19-16-12(3)9-11(2)10-14(16)17/h9-10H,4-8H2,1-3H3,(H,18,19). The minimum absolute atomic E-state index is 0.971. The van der Waals surface area contributed by atoms with Crippen LogP contribution in [0.3, 0.4) is 0 Å². The van der Waals surface area contributed by atoms with Crippen molar-refractivity contribution in [3.8, 4) is 0 Å². The van der Waals surface area contributed by atoms with Crippen LogP contribution in [-0.2, 0) is 12.8 Å². The molecule has 2 heteroatoms. The molecule has 2 nitrogen and oxygen atoms in total. The highest BCUT2D eigenvalue weighted by Gasteiger charge is 2.18. The Morgan fingerprint density at radius 1 is 1.16 bits per heavy atom. The van der Waals surface area contributed by atoms with Crippen LogP contribution in [-0.4, -0.2) is 11.5 Å². The first-order chi connectivity index (χ1) is 9.20. The van der Waals surface area contributed by atoms with Gasteiger partial charge in [-0.1, -0.05) is 11.6 Å². The van der Waals surface area contributed by atoms with Gasteiger partial charge in [-0.15, -0.1) is 0 Å². The summed E-state index contributed by atoms with van der Waals surface area (Å²) in [6, 6.07) is 4.52. The third-order valence-corrected chi connectivity index (χ3v) is 4.05. The lowest BCUT2D eigenvalue weighted by atomic mass is 9.91. The van der Waals surface area contributed by atoms with Gasteiger partial charge in [-0.2, -0.15) is 0 Å². The highest BCUT2D eigenvalue weighted by Crippen LogP contribution is 2.34. The van der Waals surface area contributed by atoms with Crippen molar-refractivity contribution in [2.24, 2.45) is 0 Å². The highest BCUT2D eigenvalue weighted by molar-refractivity contribution is 5.95. The second-order valence-electron chi connectivity index (χ2n) is 5.63. The molecule has 1 aliphatic carbocycles. The molecule has 0 unspecified atom stereocenters. The van der Waals surface area contributed by atoms with E-state index in [0.29, 0.717) is 0 Å². The lowest BCUT2D eigenvalue weighted by Crippen LogP contribution is -2.11. The van der Waals surface area contributed by atoms with E-state index in [1.165, 1.54) is 58.2 Å². The molecule has 1 heterocycles. The van der Waals surface area contributed by atoms with E-state index in [1.54, 1.807) is 0 Å². The Morgan fingerprint density at radius 3 is 2.74 bits per heavy atom. The maximum absolute atomic E-state index is 4.96. The van der Waals surface area contributed by atoms with Gasteiger partial charge in [0, 0.05) is 23.3 Å². The van der Waals surface area contributed by atoms with Crippen LogP contribution in [0, 0.1) is 13.8 Å². The third-order valence-electron chi connectivity index (χ3n) is 4.05. The second kappa shape index (κ2) is 4.84. The van der Waals surface area contributed by atoms with E-state index >= 15 is 0 Å². The molecule has 1 aromatic carbocycles. The number of hydrogen-bond donors (Lipinski definition) is 1. The zero-order valence-corrected chi connectivity index (χ0v) is 12.1. The van der Waals surface area contributed by atoms with Gasteiger partial charge in [0.1, 0.15) is 0 Å². The van der Waals surface area contributed by atoms with E-state index in [4.69, 9.17) is 4.98 Å². The molecule has 1 aliphatic rings. The van der Waals surface area contributed by atoms with Crippen LogP contribution in [0.4, 0.5) is 5.69 Å². The normalized spacial score (nSPS) is 14.5. The molecule has 0 saturated carbocycles. The SMILES string of the molecule is CCNc1c2c(nc3c(C)cc(C)cc13)CCCC2. The number of anilines is 1. The summed E-state index contributed by atoms with van der Waals surface area (Å²) in [6.45, 7) is 7.48. The summed E-state index contributed by atoms with van der Waals surface area (Å²) in [5.41, 5.74) is 7.92. The molecule has 0 saturated heterocycles. The topological polar surface area (TPSA) is 24.9 Å². The van der Waals surface area contributed by atoms with Crippen LogP contribution in [0.1, 0.15) is 42.1 Å². The first kappa shape index (κ1) is 12.5. The predicted molar refractivity (Wildman–Crippen MR) is 82.0 cm³/mol. The van der Waals surface area contributed by atoms with Gasteiger partial charge in [-0.3, -0.25) is 4.98 Å². The molecular weight excluding hydrogens is 232 g/mol. The average molecular weight is 254 g/mol. The summed E-state index contributed by atoms with van der Waals surface area (Å²) >= 11 is 0. The largest absolute Gasteiger partial charge is 0.384 e. The van der Waals surface area contributed by atoms with Crippen LogP contribution in [0.25, 0.3) is 10.9 Å². The van der Waals surface area contributed by atoms with Crippen molar-refractivity contribution in [1.29, 1.82) is 0 Å². The number of nitrogens with one attached hydrogen (secondary N) is 1. The molecule has 19 heavy (non-hydrogen) atoms. The summed E-state index contributed by atoms with van der Waals surface area (Å²) in [7, 11) is 0. The van der Waals surface area contributed by atoms with Gasteiger partial charge in [0.15, 0.2) is 0 Å². The molecule has 2 aromatic rings. The van der Waals surface area contributed by atoms with Crippen LogP contribution >= 0.6 is 0 Å². The number of fused-ring (bicyclic) bond motifs is 2. The molecule has 0 bridgehead atoms. The van der Waals surface area contributed by atoms with Crippen molar-refractivity contribution in [3.05, 3.63) is 34.5 Å². The first-order valence-corrected chi connectivity index (χ1v) is 7.37. The number of pyridine rings is 1. The molecule has 0 fully saturated rings. The van der Waals surface area contributed by atoms with Gasteiger partial charge in [0.25, 0.3) is 0 Å². The minimum Gasteiger partial charge on any atom is -0.384 e. The van der Waals surface area contributed by atoms with Gasteiger partial charge < -0.3 is 5.32 Å². The first-order valence-electron chi connectivity index (χ1n) is 7.37. The Labute approximate surface area is 115 Å². The summed E-state index contributed by atoms with van der Waals surface area (Å²) in [6.07, 6.45) is 4.88. The highest BCUT2D eigenvalue weighted by atomic mass is 14.9. The maximum atomic E-state index is 4.96. The maximum Gasteiger partial charge on any atom is 0.0755 e. The number of aromatic nitrogens is 1. The van der Waals surface area contributed by atoms with Gasteiger partial charge >= 0.3 is 0 Å². The van der Waals surface area contributed by atoms with Crippen molar-refractivity contribution >= 4 is 16.6 Å². The zero-order chi connectivity index (χ0) is 13.4. The number of aryl methyl sites for hydroxylation is 3. The van der Waals surface area contributed by atoms with Crippen LogP contribution in [0.2, 0.25) is 0 Å². The molecule has 0 radical (unpaired) electrons. The number of hydrogen-bond acceptors (Lipinski definition) is 2. The Hall–Kier alpha value is -1.57. The van der Waals surface area contributed by atoms with Gasteiger partial charge in [-0.05, 0) is 63.6 Å². The molecule has 3 rings (SSSR count). The number of rotatable bonds is 2. The van der Waals surface area contributed by atoms with E-state index < -0.39 is 0 Å². The van der Waals surface area contributed by atoms with Crippen LogP contribution in [0.15, 0.2) is 12.1 Å². The Morgan fingerprint density at radius 2 is 1.95 bits per heavy atom. The second-order valence-corrected chi connectivity index (χ2v) is 5.63. The zero-order valence-electron chi connectivity index (χ0n) is 12.1. The average Bonchev–Trinajstić information content (AvgIpc) is 2.40. The van der Waals surface area contributed by atoms with Crippen LogP contribution < -0.4 is 5.32 Å². The fourth-order valence-corrected chi connectivity index (χ4v) is 3.26. The Bertz CT molecular complexity index is 629. The van der Waals surface area contributed by atoms with E-state index in [0.717, 1.165) is 13.0 Å². The van der Waals surface area contributed by atoms with Crippen molar-refractivity contribution in [2.75, 3.05) is 11.9 Å². The molecule has 0 spiro atoms. The molecule has 100 valence electrons. The minimum atomic E-state index is 0.971. The van der Waals surface area contributed by atoms with E-state index in [-0.39, 0.29) is 0 Å². The van der Waals surface area contributed by atoms with Crippen molar-refractivity contribution in [3.63, 3.8) is 0 Å². The smallest absolute Gasteiger partial charge is 0.0755 e.